The molecule has 2 aromatic rings. The summed E-state index contributed by atoms with van der Waals surface area (Å²) in [5.41, 5.74) is 0. The van der Waals surface area contributed by atoms with Crippen LogP contribution in [0.2, 0.25) is 0 Å². The highest BCUT2D eigenvalue weighted by Crippen LogP contribution is 2.17. The number of nitrogens with one attached hydrogen (secondary N) is 1. The molecule has 0 aliphatic carbocycles. The van der Waals surface area contributed by atoms with Crippen molar-refractivity contribution in [2.75, 3.05) is 40.9 Å². The van der Waals surface area contributed by atoms with Crippen LogP contribution in [-0.2, 0) is 11.3 Å². The molecule has 0 saturated heterocycles. The molecular formula is C17H25N3O4. The summed E-state index contributed by atoms with van der Waals surface area (Å²) in [7, 11) is 5.51. The van der Waals surface area contributed by atoms with Gasteiger partial charge in [-0.05, 0) is 38.4 Å². The minimum absolute atomic E-state index is 0.0307. The number of hydrogen-bond acceptors (Lipinski definition) is 5. The first-order chi connectivity index (χ1) is 11.6. The molecule has 2 rings (SSSR count). The van der Waals surface area contributed by atoms with Crippen LogP contribution in [0, 0.1) is 0 Å². The van der Waals surface area contributed by atoms with Crippen molar-refractivity contribution in [1.29, 1.82) is 0 Å². The fourth-order valence-corrected chi connectivity index (χ4v) is 2.36. The van der Waals surface area contributed by atoms with E-state index in [1.807, 2.05) is 37.2 Å². The van der Waals surface area contributed by atoms with Crippen molar-refractivity contribution in [3.8, 4) is 0 Å². The number of ether oxygens (including phenoxy) is 1. The average molecular weight is 335 g/mol. The molecule has 7 nitrogen and oxygen atoms in total. The zero-order valence-electron chi connectivity index (χ0n) is 14.4. The van der Waals surface area contributed by atoms with Crippen LogP contribution in [0.25, 0.3) is 0 Å². The lowest BCUT2D eigenvalue weighted by atomic mass is 10.2. The van der Waals surface area contributed by atoms with Gasteiger partial charge in [0.2, 0.25) is 0 Å². The van der Waals surface area contributed by atoms with Crippen LogP contribution in [0.1, 0.15) is 17.6 Å². The van der Waals surface area contributed by atoms with Crippen molar-refractivity contribution in [3.05, 3.63) is 48.3 Å². The van der Waals surface area contributed by atoms with E-state index in [2.05, 4.69) is 5.32 Å². The summed E-state index contributed by atoms with van der Waals surface area (Å²) >= 11 is 0. The lowest BCUT2D eigenvalue weighted by Crippen LogP contribution is -2.44. The molecule has 0 saturated carbocycles. The Morgan fingerprint density at radius 2 is 2.00 bits per heavy atom. The van der Waals surface area contributed by atoms with Gasteiger partial charge in [-0.2, -0.15) is 0 Å². The minimum Gasteiger partial charge on any atom is -0.468 e. The summed E-state index contributed by atoms with van der Waals surface area (Å²) in [6, 6.07) is 7.20. The standard InChI is InChI=1S/C17H25N3O4/c1-19(2)15(16-7-5-10-24-16)12-18-17(21)20(8-11-22-3)13-14-6-4-9-23-14/h4-7,9-10,15H,8,11-13H2,1-3H3,(H,18,21). The van der Waals surface area contributed by atoms with Crippen molar-refractivity contribution in [3.63, 3.8) is 0 Å². The van der Waals surface area contributed by atoms with E-state index < -0.39 is 0 Å². The number of urea groups is 1. The predicted molar refractivity (Wildman–Crippen MR) is 89.5 cm³/mol. The van der Waals surface area contributed by atoms with E-state index in [0.717, 1.165) is 11.5 Å². The number of rotatable bonds is 9. The second kappa shape index (κ2) is 9.14. The highest BCUT2D eigenvalue weighted by atomic mass is 16.5. The van der Waals surface area contributed by atoms with E-state index in [4.69, 9.17) is 13.6 Å². The normalized spacial score (nSPS) is 12.3. The maximum atomic E-state index is 12.5. The highest BCUT2D eigenvalue weighted by molar-refractivity contribution is 5.74. The largest absolute Gasteiger partial charge is 0.468 e. The molecule has 2 aromatic heterocycles. The molecule has 0 aliphatic rings. The molecule has 0 aliphatic heterocycles. The van der Waals surface area contributed by atoms with E-state index in [0.29, 0.717) is 26.2 Å². The maximum Gasteiger partial charge on any atom is 0.317 e. The van der Waals surface area contributed by atoms with Crippen LogP contribution < -0.4 is 5.32 Å². The number of carbonyl (C=O) groups excluding carboxylic acids is 1. The number of methoxy groups -OCH3 is 1. The smallest absolute Gasteiger partial charge is 0.317 e. The number of amides is 2. The number of carbonyl (C=O) groups is 1. The van der Waals surface area contributed by atoms with E-state index in [9.17, 15) is 4.79 Å². The molecule has 0 fully saturated rings. The van der Waals surface area contributed by atoms with Gasteiger partial charge in [0.05, 0.1) is 31.7 Å². The van der Waals surface area contributed by atoms with Gasteiger partial charge < -0.3 is 23.8 Å². The van der Waals surface area contributed by atoms with Gasteiger partial charge in [-0.1, -0.05) is 0 Å². The molecular weight excluding hydrogens is 310 g/mol. The van der Waals surface area contributed by atoms with Crippen molar-refractivity contribution in [2.24, 2.45) is 0 Å². The van der Waals surface area contributed by atoms with Gasteiger partial charge >= 0.3 is 6.03 Å². The first-order valence-corrected chi connectivity index (χ1v) is 7.85. The van der Waals surface area contributed by atoms with Gasteiger partial charge in [0.15, 0.2) is 0 Å². The SMILES string of the molecule is COCCN(Cc1ccco1)C(=O)NCC(c1ccco1)N(C)C. The zero-order valence-corrected chi connectivity index (χ0v) is 14.4. The Balaban J connectivity index is 1.95. The van der Waals surface area contributed by atoms with Crippen LogP contribution in [-0.4, -0.2) is 56.7 Å². The molecule has 1 atom stereocenters. The molecule has 1 N–H and O–H groups in total. The highest BCUT2D eigenvalue weighted by Gasteiger charge is 2.20. The van der Waals surface area contributed by atoms with E-state index >= 15 is 0 Å². The van der Waals surface area contributed by atoms with Crippen LogP contribution in [0.5, 0.6) is 0 Å². The minimum atomic E-state index is -0.165. The Kier molecular flexibility index (Phi) is 6.89. The van der Waals surface area contributed by atoms with Crippen molar-refractivity contribution >= 4 is 6.03 Å². The van der Waals surface area contributed by atoms with E-state index in [-0.39, 0.29) is 12.1 Å². The van der Waals surface area contributed by atoms with Crippen LogP contribution in [0.4, 0.5) is 4.79 Å². The number of nitrogens with zero attached hydrogens (tertiary/aromatic N) is 2. The fourth-order valence-electron chi connectivity index (χ4n) is 2.36. The number of furan rings is 2. The van der Waals surface area contributed by atoms with Crippen LogP contribution >= 0.6 is 0 Å². The average Bonchev–Trinajstić information content (AvgIpc) is 3.24. The third-order valence-corrected chi connectivity index (χ3v) is 3.72. The van der Waals surface area contributed by atoms with Gasteiger partial charge in [-0.15, -0.1) is 0 Å². The lowest BCUT2D eigenvalue weighted by molar-refractivity contribution is 0.140. The van der Waals surface area contributed by atoms with Gasteiger partial charge in [0, 0.05) is 20.2 Å². The molecule has 1 unspecified atom stereocenters. The molecule has 132 valence electrons. The van der Waals surface area contributed by atoms with Crippen LogP contribution in [0.15, 0.2) is 45.6 Å². The second-order valence-electron chi connectivity index (χ2n) is 5.67. The monoisotopic (exact) mass is 335 g/mol. The first kappa shape index (κ1) is 18.1. The quantitative estimate of drug-likeness (QED) is 0.761. The Morgan fingerprint density at radius 3 is 2.58 bits per heavy atom. The summed E-state index contributed by atoms with van der Waals surface area (Å²) in [6.07, 6.45) is 3.23. The van der Waals surface area contributed by atoms with Crippen molar-refractivity contribution < 1.29 is 18.4 Å². The van der Waals surface area contributed by atoms with Gasteiger partial charge in [0.25, 0.3) is 0 Å². The summed E-state index contributed by atoms with van der Waals surface area (Å²) in [5.74, 6) is 1.55. The molecule has 24 heavy (non-hydrogen) atoms. The van der Waals surface area contributed by atoms with Crippen molar-refractivity contribution in [2.45, 2.75) is 12.6 Å². The van der Waals surface area contributed by atoms with E-state index in [1.54, 1.807) is 30.6 Å². The van der Waals surface area contributed by atoms with Gasteiger partial charge in [-0.25, -0.2) is 4.79 Å². The van der Waals surface area contributed by atoms with E-state index in [1.165, 1.54) is 0 Å². The fraction of sp³-hybridized carbons (Fsp3) is 0.471. The number of likely N-dealkylation sites (N-methyl/N-ethyl adjacent to an activating group) is 1. The molecule has 0 spiro atoms. The first-order valence-electron chi connectivity index (χ1n) is 7.85. The number of hydrogen-bond donors (Lipinski definition) is 1. The topological polar surface area (TPSA) is 71.1 Å². The molecule has 7 heteroatoms. The third kappa shape index (κ3) is 5.14. The van der Waals surface area contributed by atoms with Crippen LogP contribution in [0.3, 0.4) is 0 Å². The summed E-state index contributed by atoms with van der Waals surface area (Å²) in [6.45, 7) is 1.79. The Labute approximate surface area is 142 Å². The maximum absolute atomic E-state index is 12.5. The lowest BCUT2D eigenvalue weighted by Gasteiger charge is -2.26. The Hall–Kier alpha value is -2.25. The predicted octanol–water partition coefficient (Wildman–Crippen LogP) is 2.33. The molecule has 0 radical (unpaired) electrons. The second-order valence-corrected chi connectivity index (χ2v) is 5.67. The van der Waals surface area contributed by atoms with Crippen molar-refractivity contribution in [1.82, 2.24) is 15.1 Å². The summed E-state index contributed by atoms with van der Waals surface area (Å²) < 4.78 is 15.9. The molecule has 2 amide bonds. The zero-order chi connectivity index (χ0) is 17.4. The molecule has 2 heterocycles. The van der Waals surface area contributed by atoms with Gasteiger partial charge in [-0.3, -0.25) is 4.90 Å². The summed E-state index contributed by atoms with van der Waals surface area (Å²) in [4.78, 5) is 16.2. The molecule has 0 aromatic carbocycles. The summed E-state index contributed by atoms with van der Waals surface area (Å²) in [5, 5.41) is 2.96. The Bertz CT molecular complexity index is 581. The van der Waals surface area contributed by atoms with Gasteiger partial charge in [0.1, 0.15) is 11.5 Å². The Morgan fingerprint density at radius 1 is 1.25 bits per heavy atom. The third-order valence-electron chi connectivity index (χ3n) is 3.72. The molecule has 0 bridgehead atoms.